The van der Waals surface area contributed by atoms with E-state index >= 15 is 0 Å². The third-order valence-corrected chi connectivity index (χ3v) is 4.85. The zero-order valence-electron chi connectivity index (χ0n) is 16.2. The Bertz CT molecular complexity index is 994. The van der Waals surface area contributed by atoms with Crippen molar-refractivity contribution in [2.75, 3.05) is 36.6 Å². The van der Waals surface area contributed by atoms with E-state index in [4.69, 9.17) is 9.47 Å². The van der Waals surface area contributed by atoms with Crippen molar-refractivity contribution in [2.45, 2.75) is 6.36 Å². The molecule has 164 valence electrons. The molecule has 0 bridgehead atoms. The van der Waals surface area contributed by atoms with Crippen molar-refractivity contribution in [2.24, 2.45) is 0 Å². The quantitative estimate of drug-likeness (QED) is 0.667. The van der Waals surface area contributed by atoms with Crippen molar-refractivity contribution in [3.63, 3.8) is 0 Å². The van der Waals surface area contributed by atoms with Crippen LogP contribution in [-0.2, 0) is 14.8 Å². The molecule has 1 N–H and O–H groups in total. The molecule has 2 rings (SSSR count). The lowest BCUT2D eigenvalue weighted by Gasteiger charge is -2.23. The Hall–Kier alpha value is -3.15. The number of rotatable bonds is 8. The van der Waals surface area contributed by atoms with Crippen molar-refractivity contribution in [1.29, 1.82) is 0 Å². The number of ether oxygens (including phenoxy) is 3. The van der Waals surface area contributed by atoms with Gasteiger partial charge < -0.3 is 19.5 Å². The van der Waals surface area contributed by atoms with Gasteiger partial charge in [0.25, 0.3) is 0 Å². The number of alkyl halides is 3. The van der Waals surface area contributed by atoms with Crippen molar-refractivity contribution < 1.29 is 40.6 Å². The molecule has 0 saturated heterocycles. The molecular weight excluding hydrogens is 429 g/mol. The molecule has 2 aromatic carbocycles. The van der Waals surface area contributed by atoms with Crippen molar-refractivity contribution in [1.82, 2.24) is 0 Å². The van der Waals surface area contributed by atoms with Gasteiger partial charge >= 0.3 is 6.36 Å². The van der Waals surface area contributed by atoms with E-state index < -0.39 is 34.6 Å². The predicted molar refractivity (Wildman–Crippen MR) is 103 cm³/mol. The summed E-state index contributed by atoms with van der Waals surface area (Å²) in [5.41, 5.74) is 0.328. The van der Waals surface area contributed by atoms with Gasteiger partial charge in [0, 0.05) is 11.8 Å². The number of hydrogen-bond donors (Lipinski definition) is 1. The first-order valence-electron chi connectivity index (χ1n) is 8.28. The van der Waals surface area contributed by atoms with Gasteiger partial charge in [-0.2, -0.15) is 0 Å². The van der Waals surface area contributed by atoms with E-state index in [-0.39, 0.29) is 17.1 Å². The molecule has 0 radical (unpaired) electrons. The molecule has 0 aliphatic heterocycles. The minimum absolute atomic E-state index is 0.162. The van der Waals surface area contributed by atoms with Gasteiger partial charge in [-0.05, 0) is 36.4 Å². The zero-order valence-corrected chi connectivity index (χ0v) is 17.0. The fraction of sp³-hybridized carbons (Fsp3) is 0.278. The summed E-state index contributed by atoms with van der Waals surface area (Å²) in [6.07, 6.45) is -3.90. The Kier molecular flexibility index (Phi) is 7.03. The van der Waals surface area contributed by atoms with Crippen LogP contribution in [0.4, 0.5) is 24.5 Å². The summed E-state index contributed by atoms with van der Waals surface area (Å²) in [4.78, 5) is 12.3. The van der Waals surface area contributed by atoms with E-state index in [2.05, 4.69) is 10.1 Å². The smallest absolute Gasteiger partial charge is 0.493 e. The molecule has 0 unspecified atom stereocenters. The Balaban J connectivity index is 2.17. The number of halogens is 3. The number of nitrogens with zero attached hydrogens (tertiary/aromatic N) is 1. The molecule has 0 spiro atoms. The van der Waals surface area contributed by atoms with E-state index in [1.165, 1.54) is 44.6 Å². The molecule has 0 aliphatic rings. The van der Waals surface area contributed by atoms with Gasteiger partial charge in [0.1, 0.15) is 12.3 Å². The fourth-order valence-electron chi connectivity index (χ4n) is 2.45. The molecule has 0 aromatic heterocycles. The number of anilines is 2. The van der Waals surface area contributed by atoms with Crippen LogP contribution >= 0.6 is 0 Å². The van der Waals surface area contributed by atoms with E-state index in [0.29, 0.717) is 5.75 Å². The standard InChI is InChI=1S/C18H19F3N2O6S/c1-27-15-9-6-13(10-16(15)28-2)23(30(3,25)26)11-17(24)22-12-4-7-14(8-5-12)29-18(19,20)21/h4-10H,11H2,1-3H3,(H,22,24). The lowest BCUT2D eigenvalue weighted by Crippen LogP contribution is -2.37. The number of hydrogen-bond acceptors (Lipinski definition) is 6. The first kappa shape index (κ1) is 23.1. The van der Waals surface area contributed by atoms with Crippen LogP contribution in [0.2, 0.25) is 0 Å². The van der Waals surface area contributed by atoms with Crippen LogP contribution in [0.3, 0.4) is 0 Å². The van der Waals surface area contributed by atoms with Crippen molar-refractivity contribution in [3.8, 4) is 17.2 Å². The van der Waals surface area contributed by atoms with Crippen LogP contribution < -0.4 is 23.8 Å². The van der Waals surface area contributed by atoms with Crippen LogP contribution in [0.5, 0.6) is 17.2 Å². The van der Waals surface area contributed by atoms with Gasteiger partial charge in [0.2, 0.25) is 15.9 Å². The molecule has 0 atom stereocenters. The van der Waals surface area contributed by atoms with Gasteiger partial charge in [-0.15, -0.1) is 13.2 Å². The molecule has 30 heavy (non-hydrogen) atoms. The van der Waals surface area contributed by atoms with E-state index in [0.717, 1.165) is 22.7 Å². The summed E-state index contributed by atoms with van der Waals surface area (Å²) in [6.45, 7) is -0.574. The SMILES string of the molecule is COc1ccc(N(CC(=O)Nc2ccc(OC(F)(F)F)cc2)S(C)(=O)=O)cc1OC. The normalized spacial score (nSPS) is 11.5. The molecular formula is C18H19F3N2O6S. The summed E-state index contributed by atoms with van der Waals surface area (Å²) in [5, 5.41) is 2.42. The average Bonchev–Trinajstić information content (AvgIpc) is 2.65. The molecule has 2 aromatic rings. The summed E-state index contributed by atoms with van der Waals surface area (Å²) >= 11 is 0. The minimum Gasteiger partial charge on any atom is -0.493 e. The van der Waals surface area contributed by atoms with E-state index in [1.54, 1.807) is 0 Å². The van der Waals surface area contributed by atoms with Crippen LogP contribution in [0.25, 0.3) is 0 Å². The number of carbonyl (C=O) groups is 1. The minimum atomic E-state index is -4.83. The second-order valence-electron chi connectivity index (χ2n) is 5.93. The Morgan fingerprint density at radius 1 is 1.03 bits per heavy atom. The third kappa shape index (κ3) is 6.44. The predicted octanol–water partition coefficient (Wildman–Crippen LogP) is 3.01. The lowest BCUT2D eigenvalue weighted by molar-refractivity contribution is -0.274. The third-order valence-electron chi connectivity index (χ3n) is 3.71. The van der Waals surface area contributed by atoms with Gasteiger partial charge in [-0.25, -0.2) is 8.42 Å². The van der Waals surface area contributed by atoms with Crippen LogP contribution in [0.1, 0.15) is 0 Å². The van der Waals surface area contributed by atoms with Crippen LogP contribution in [0, 0.1) is 0 Å². The average molecular weight is 448 g/mol. The topological polar surface area (TPSA) is 94.2 Å². The number of sulfonamides is 1. The highest BCUT2D eigenvalue weighted by Crippen LogP contribution is 2.32. The summed E-state index contributed by atoms with van der Waals surface area (Å²) in [7, 11) is -1.04. The van der Waals surface area contributed by atoms with Gasteiger partial charge in [-0.3, -0.25) is 9.10 Å². The molecule has 1 amide bonds. The van der Waals surface area contributed by atoms with Crippen molar-refractivity contribution in [3.05, 3.63) is 42.5 Å². The Morgan fingerprint density at radius 2 is 1.63 bits per heavy atom. The van der Waals surface area contributed by atoms with E-state index in [9.17, 15) is 26.4 Å². The largest absolute Gasteiger partial charge is 0.573 e. The fourth-order valence-corrected chi connectivity index (χ4v) is 3.30. The maximum absolute atomic E-state index is 12.3. The number of benzene rings is 2. The molecule has 0 heterocycles. The highest BCUT2D eigenvalue weighted by Gasteiger charge is 2.31. The zero-order chi connectivity index (χ0) is 22.5. The van der Waals surface area contributed by atoms with Crippen molar-refractivity contribution >= 4 is 27.3 Å². The van der Waals surface area contributed by atoms with Gasteiger partial charge in [-0.1, -0.05) is 0 Å². The molecule has 0 aliphatic carbocycles. The lowest BCUT2D eigenvalue weighted by atomic mass is 10.2. The van der Waals surface area contributed by atoms with Crippen LogP contribution in [0.15, 0.2) is 42.5 Å². The second-order valence-corrected chi connectivity index (χ2v) is 7.84. The molecule has 8 nitrogen and oxygen atoms in total. The highest BCUT2D eigenvalue weighted by atomic mass is 32.2. The second kappa shape index (κ2) is 9.11. The molecule has 0 fully saturated rings. The van der Waals surface area contributed by atoms with Gasteiger partial charge in [0.05, 0.1) is 26.2 Å². The maximum atomic E-state index is 12.3. The van der Waals surface area contributed by atoms with E-state index in [1.807, 2.05) is 0 Å². The van der Waals surface area contributed by atoms with Crippen LogP contribution in [-0.4, -0.2) is 47.7 Å². The number of methoxy groups -OCH3 is 2. The summed E-state index contributed by atoms with van der Waals surface area (Å²) in [5.74, 6) is -0.520. The number of nitrogens with one attached hydrogen (secondary N) is 1. The summed E-state index contributed by atoms with van der Waals surface area (Å²) in [6, 6.07) is 8.76. The number of carbonyl (C=O) groups excluding carboxylic acids is 1. The Labute approximate surface area is 171 Å². The molecule has 0 saturated carbocycles. The first-order chi connectivity index (χ1) is 13.9. The Morgan fingerprint density at radius 3 is 2.13 bits per heavy atom. The van der Waals surface area contributed by atoms with Gasteiger partial charge in [0.15, 0.2) is 11.5 Å². The highest BCUT2D eigenvalue weighted by molar-refractivity contribution is 7.92. The number of amides is 1. The summed E-state index contributed by atoms with van der Waals surface area (Å²) < 4.78 is 75.9. The molecule has 12 heteroatoms. The monoisotopic (exact) mass is 448 g/mol. The maximum Gasteiger partial charge on any atom is 0.573 e. The first-order valence-corrected chi connectivity index (χ1v) is 10.1.